The van der Waals surface area contributed by atoms with E-state index in [2.05, 4.69) is 134 Å². The minimum atomic E-state index is -0.415. The van der Waals surface area contributed by atoms with Crippen LogP contribution in [0.15, 0.2) is 133 Å². The second-order valence-corrected chi connectivity index (χ2v) is 7.99. The van der Waals surface area contributed by atoms with Crippen LogP contribution in [0.25, 0.3) is 0 Å². The molecule has 30 heavy (non-hydrogen) atoms. The van der Waals surface area contributed by atoms with E-state index >= 15 is 0 Å². The third kappa shape index (κ3) is 2.70. The lowest BCUT2D eigenvalue weighted by molar-refractivity contribution is 0.473. The molecule has 0 N–H and O–H groups in total. The van der Waals surface area contributed by atoms with Gasteiger partial charge in [0.1, 0.15) is 5.54 Å². The first-order chi connectivity index (χ1) is 14.7. The number of anilines is 1. The van der Waals surface area contributed by atoms with Gasteiger partial charge in [-0.2, -0.15) is 0 Å². The maximum Gasteiger partial charge on any atom is 0.106 e. The quantitative estimate of drug-likeness (QED) is 0.470. The number of nitrogens with zero attached hydrogens (tertiary/aromatic N) is 1. The Bertz CT molecular complexity index is 1150. The van der Waals surface area contributed by atoms with Crippen LogP contribution in [0.1, 0.15) is 16.7 Å². The Kier molecular flexibility index (Phi) is 4.52. The van der Waals surface area contributed by atoms with Crippen LogP contribution in [0.2, 0.25) is 0 Å². The predicted molar refractivity (Wildman–Crippen MR) is 126 cm³/mol. The molecule has 1 nitrogen and oxygen atoms in total. The van der Waals surface area contributed by atoms with E-state index in [9.17, 15) is 0 Å². The van der Waals surface area contributed by atoms with Gasteiger partial charge < -0.3 is 4.90 Å². The van der Waals surface area contributed by atoms with Crippen molar-refractivity contribution in [1.82, 2.24) is 0 Å². The average Bonchev–Trinajstić information content (AvgIpc) is 2.93. The maximum absolute atomic E-state index is 4.59. The van der Waals surface area contributed by atoms with Gasteiger partial charge in [-0.3, -0.25) is 0 Å². The summed E-state index contributed by atoms with van der Waals surface area (Å²) >= 11 is 0. The number of fused-ring (bicyclic) bond motifs is 1. The normalized spacial score (nSPS) is 22.6. The summed E-state index contributed by atoms with van der Waals surface area (Å²) in [6, 6.07) is 30.5. The number of benzene rings is 3. The molecule has 2 aliphatic rings. The molecule has 1 heterocycles. The molecule has 0 aromatic heterocycles. The van der Waals surface area contributed by atoms with Gasteiger partial charge in [-0.1, -0.05) is 115 Å². The smallest absolute Gasteiger partial charge is 0.106 e. The van der Waals surface area contributed by atoms with Crippen molar-refractivity contribution in [3.8, 4) is 0 Å². The van der Waals surface area contributed by atoms with Gasteiger partial charge in [0, 0.05) is 17.3 Å². The van der Waals surface area contributed by atoms with E-state index in [-0.39, 0.29) is 5.92 Å². The van der Waals surface area contributed by atoms with Crippen LogP contribution in [0.5, 0.6) is 0 Å². The molecule has 0 amide bonds. The molecule has 5 rings (SSSR count). The molecule has 2 unspecified atom stereocenters. The summed E-state index contributed by atoms with van der Waals surface area (Å²) in [7, 11) is 0. The summed E-state index contributed by atoms with van der Waals surface area (Å²) in [5.41, 5.74) is 6.84. The molecule has 1 heteroatoms. The van der Waals surface area contributed by atoms with Crippen molar-refractivity contribution in [2.24, 2.45) is 5.92 Å². The van der Waals surface area contributed by atoms with Crippen LogP contribution in [0, 0.1) is 12.8 Å². The third-order valence-electron chi connectivity index (χ3n) is 6.26. The Morgan fingerprint density at radius 3 is 2.07 bits per heavy atom. The Morgan fingerprint density at radius 1 is 0.733 bits per heavy atom. The van der Waals surface area contributed by atoms with Crippen LogP contribution in [0.4, 0.5) is 5.69 Å². The van der Waals surface area contributed by atoms with E-state index in [1.165, 1.54) is 22.3 Å². The van der Waals surface area contributed by atoms with Crippen molar-refractivity contribution in [1.29, 1.82) is 0 Å². The SMILES string of the molecule is C=C1C2=CC=CC=CC2C(c2ccccc2)(c2ccc(C)cc2)N1c1ccccc1. The van der Waals surface area contributed by atoms with Gasteiger partial charge in [-0.05, 0) is 35.8 Å². The van der Waals surface area contributed by atoms with Gasteiger partial charge in [0.2, 0.25) is 0 Å². The first-order valence-corrected chi connectivity index (χ1v) is 10.4. The molecule has 0 saturated carbocycles. The monoisotopic (exact) mass is 387 g/mol. The minimum absolute atomic E-state index is 0.144. The Labute approximate surface area is 179 Å². The number of rotatable bonds is 3. The molecular weight excluding hydrogens is 362 g/mol. The van der Waals surface area contributed by atoms with E-state index in [1.54, 1.807) is 0 Å². The van der Waals surface area contributed by atoms with E-state index in [4.69, 9.17) is 0 Å². The molecule has 146 valence electrons. The number of hydrogen-bond acceptors (Lipinski definition) is 1. The highest BCUT2D eigenvalue weighted by Crippen LogP contribution is 2.57. The molecule has 3 aromatic carbocycles. The third-order valence-corrected chi connectivity index (χ3v) is 6.26. The van der Waals surface area contributed by atoms with Crippen LogP contribution < -0.4 is 4.90 Å². The lowest BCUT2D eigenvalue weighted by Gasteiger charge is -2.44. The van der Waals surface area contributed by atoms with Crippen molar-refractivity contribution in [2.75, 3.05) is 4.90 Å². The van der Waals surface area contributed by atoms with Gasteiger partial charge in [0.15, 0.2) is 0 Å². The number of allylic oxidation sites excluding steroid dienone is 5. The largest absolute Gasteiger partial charge is 0.326 e. The summed E-state index contributed by atoms with van der Waals surface area (Å²) < 4.78 is 0. The summed E-state index contributed by atoms with van der Waals surface area (Å²) in [6.07, 6.45) is 11.0. The van der Waals surface area contributed by atoms with Crippen LogP contribution in [-0.4, -0.2) is 0 Å². The molecule has 0 bridgehead atoms. The van der Waals surface area contributed by atoms with Gasteiger partial charge in [-0.15, -0.1) is 0 Å². The number of para-hydroxylation sites is 1. The van der Waals surface area contributed by atoms with Crippen molar-refractivity contribution in [3.63, 3.8) is 0 Å². The van der Waals surface area contributed by atoms with Crippen molar-refractivity contribution >= 4 is 5.69 Å². The maximum atomic E-state index is 4.59. The summed E-state index contributed by atoms with van der Waals surface area (Å²) in [5, 5.41) is 0. The summed E-state index contributed by atoms with van der Waals surface area (Å²) in [6.45, 7) is 6.73. The number of hydrogen-bond donors (Lipinski definition) is 0. The second kappa shape index (κ2) is 7.35. The zero-order valence-electron chi connectivity index (χ0n) is 17.2. The molecule has 3 aromatic rings. The summed E-state index contributed by atoms with van der Waals surface area (Å²) in [4.78, 5) is 2.44. The minimum Gasteiger partial charge on any atom is -0.326 e. The van der Waals surface area contributed by atoms with Crippen LogP contribution in [-0.2, 0) is 5.54 Å². The zero-order valence-corrected chi connectivity index (χ0v) is 17.2. The Hall–Kier alpha value is -3.58. The molecule has 1 fully saturated rings. The average molecular weight is 388 g/mol. The van der Waals surface area contributed by atoms with Crippen molar-refractivity contribution in [2.45, 2.75) is 12.5 Å². The fourth-order valence-corrected chi connectivity index (χ4v) is 4.95. The molecule has 0 radical (unpaired) electrons. The lowest BCUT2D eigenvalue weighted by Crippen LogP contribution is -2.45. The second-order valence-electron chi connectivity index (χ2n) is 7.99. The van der Waals surface area contributed by atoms with Gasteiger partial charge in [-0.25, -0.2) is 0 Å². The van der Waals surface area contributed by atoms with E-state index in [0.29, 0.717) is 0 Å². The fraction of sp³-hybridized carbons (Fsp3) is 0.103. The zero-order chi connectivity index (χ0) is 20.6. The molecule has 2 atom stereocenters. The Morgan fingerprint density at radius 2 is 1.37 bits per heavy atom. The van der Waals surface area contributed by atoms with Gasteiger partial charge >= 0.3 is 0 Å². The molecule has 1 aliphatic carbocycles. The predicted octanol–water partition coefficient (Wildman–Crippen LogP) is 6.94. The highest BCUT2D eigenvalue weighted by Gasteiger charge is 2.54. The summed E-state index contributed by atoms with van der Waals surface area (Å²) in [5.74, 6) is 0.144. The van der Waals surface area contributed by atoms with Gasteiger partial charge in [0.25, 0.3) is 0 Å². The van der Waals surface area contributed by atoms with E-state index in [0.717, 1.165) is 11.4 Å². The van der Waals surface area contributed by atoms with Crippen molar-refractivity contribution < 1.29 is 0 Å². The number of aryl methyl sites for hydroxylation is 1. The lowest BCUT2D eigenvalue weighted by atomic mass is 9.72. The Balaban J connectivity index is 1.89. The van der Waals surface area contributed by atoms with E-state index < -0.39 is 5.54 Å². The molecule has 1 aliphatic heterocycles. The molecule has 0 spiro atoms. The van der Waals surface area contributed by atoms with Crippen LogP contribution >= 0.6 is 0 Å². The van der Waals surface area contributed by atoms with Crippen molar-refractivity contribution in [3.05, 3.63) is 150 Å². The fourth-order valence-electron chi connectivity index (χ4n) is 4.95. The molecular formula is C29H25N. The topological polar surface area (TPSA) is 3.24 Å². The van der Waals surface area contributed by atoms with E-state index in [1.807, 2.05) is 0 Å². The molecule has 1 saturated heterocycles. The standard InChI is InChI=1S/C29H25N/c1-22-18-20-25(21-19-22)29(24-12-6-3-7-13-24)28-17-11-5-10-16-27(28)23(2)30(29)26-14-8-4-9-15-26/h3-21,28H,2H2,1H3. The first-order valence-electron chi connectivity index (χ1n) is 10.4. The van der Waals surface area contributed by atoms with Gasteiger partial charge in [0.05, 0.1) is 0 Å². The highest BCUT2D eigenvalue weighted by atomic mass is 15.3. The first kappa shape index (κ1) is 18.4. The van der Waals surface area contributed by atoms with Crippen LogP contribution in [0.3, 0.4) is 0 Å². The highest BCUT2D eigenvalue weighted by molar-refractivity contribution is 5.72.